The first kappa shape index (κ1) is 16.3. The van der Waals surface area contributed by atoms with E-state index in [1.54, 1.807) is 18.5 Å². The van der Waals surface area contributed by atoms with Crippen LogP contribution >= 0.6 is 11.6 Å². The lowest BCUT2D eigenvalue weighted by atomic mass is 10.2. The van der Waals surface area contributed by atoms with Gasteiger partial charge in [-0.2, -0.15) is 0 Å². The lowest BCUT2D eigenvalue weighted by Gasteiger charge is -2.15. The summed E-state index contributed by atoms with van der Waals surface area (Å²) in [5, 5.41) is 3.50. The van der Waals surface area contributed by atoms with Crippen LogP contribution in [0, 0.1) is 0 Å². The van der Waals surface area contributed by atoms with E-state index in [1.165, 1.54) is 0 Å². The van der Waals surface area contributed by atoms with Crippen molar-refractivity contribution in [2.24, 2.45) is 0 Å². The molecule has 3 aromatic rings. The molecule has 0 radical (unpaired) electrons. The molecular formula is C18H18ClN3O2. The van der Waals surface area contributed by atoms with Gasteiger partial charge in [0.1, 0.15) is 18.4 Å². The minimum Gasteiger partial charge on any atom is -0.492 e. The van der Waals surface area contributed by atoms with Crippen LogP contribution in [0.1, 0.15) is 13.0 Å². The molecule has 0 aliphatic heterocycles. The van der Waals surface area contributed by atoms with E-state index in [2.05, 4.69) is 10.3 Å². The van der Waals surface area contributed by atoms with E-state index >= 15 is 0 Å². The third-order valence-electron chi connectivity index (χ3n) is 3.74. The van der Waals surface area contributed by atoms with Crippen LogP contribution in [0.4, 0.5) is 0 Å². The maximum atomic E-state index is 12.3. The fourth-order valence-electron chi connectivity index (χ4n) is 2.46. The molecule has 1 unspecified atom stereocenters. The zero-order valence-corrected chi connectivity index (χ0v) is 14.0. The molecule has 1 amide bonds. The van der Waals surface area contributed by atoms with Crippen molar-refractivity contribution in [3.05, 3.63) is 59.9 Å². The number of benzene rings is 2. The van der Waals surface area contributed by atoms with Crippen LogP contribution < -0.4 is 10.1 Å². The quantitative estimate of drug-likeness (QED) is 0.697. The summed E-state index contributed by atoms with van der Waals surface area (Å²) in [6, 6.07) is 14.6. The molecule has 5 nitrogen and oxygen atoms in total. The summed E-state index contributed by atoms with van der Waals surface area (Å²) < 4.78 is 7.42. The molecule has 3 rings (SSSR count). The maximum absolute atomic E-state index is 12.3. The Balaban J connectivity index is 1.53. The van der Waals surface area contributed by atoms with E-state index in [-0.39, 0.29) is 11.9 Å². The highest BCUT2D eigenvalue weighted by Crippen LogP contribution is 2.18. The normalized spacial score (nSPS) is 12.1. The van der Waals surface area contributed by atoms with Crippen molar-refractivity contribution < 1.29 is 9.53 Å². The summed E-state index contributed by atoms with van der Waals surface area (Å²) in [5.74, 6) is 0.609. The number of ether oxygens (including phenoxy) is 1. The van der Waals surface area contributed by atoms with Crippen LogP contribution in [0.5, 0.6) is 5.75 Å². The van der Waals surface area contributed by atoms with Gasteiger partial charge < -0.3 is 14.6 Å². The van der Waals surface area contributed by atoms with Gasteiger partial charge in [-0.15, -0.1) is 0 Å². The molecule has 124 valence electrons. The first-order valence-electron chi connectivity index (χ1n) is 7.73. The number of fused-ring (bicyclic) bond motifs is 1. The molecule has 1 N–H and O–H groups in total. The monoisotopic (exact) mass is 343 g/mol. The number of nitrogens with zero attached hydrogens (tertiary/aromatic N) is 2. The number of amides is 1. The second kappa shape index (κ2) is 7.36. The van der Waals surface area contributed by atoms with Gasteiger partial charge in [-0.25, -0.2) is 4.98 Å². The Morgan fingerprint density at radius 1 is 1.29 bits per heavy atom. The summed E-state index contributed by atoms with van der Waals surface area (Å²) >= 11 is 5.90. The first-order chi connectivity index (χ1) is 11.6. The number of imidazole rings is 1. The number of carbonyl (C=O) groups excluding carboxylic acids is 1. The van der Waals surface area contributed by atoms with Gasteiger partial charge in [0.15, 0.2) is 0 Å². The number of halogens is 1. The van der Waals surface area contributed by atoms with Gasteiger partial charge >= 0.3 is 0 Å². The Kier molecular flexibility index (Phi) is 5.01. The topological polar surface area (TPSA) is 56.1 Å². The van der Waals surface area contributed by atoms with Gasteiger partial charge in [-0.1, -0.05) is 29.8 Å². The van der Waals surface area contributed by atoms with Gasteiger partial charge in [0.2, 0.25) is 5.91 Å². The van der Waals surface area contributed by atoms with Crippen LogP contribution in [0.3, 0.4) is 0 Å². The van der Waals surface area contributed by atoms with E-state index in [0.717, 1.165) is 11.0 Å². The fourth-order valence-corrected chi connectivity index (χ4v) is 2.64. The molecule has 0 spiro atoms. The third kappa shape index (κ3) is 3.68. The highest BCUT2D eigenvalue weighted by Gasteiger charge is 2.16. The Hall–Kier alpha value is -2.53. The van der Waals surface area contributed by atoms with Gasteiger partial charge in [-0.05, 0) is 37.3 Å². The Labute approximate surface area is 145 Å². The molecular weight excluding hydrogens is 326 g/mol. The maximum Gasteiger partial charge on any atom is 0.242 e. The number of nitrogens with one attached hydrogen (secondary N) is 1. The second-order valence-corrected chi connectivity index (χ2v) is 5.85. The summed E-state index contributed by atoms with van der Waals surface area (Å²) in [7, 11) is 0. The predicted molar refractivity (Wildman–Crippen MR) is 94.4 cm³/mol. The zero-order chi connectivity index (χ0) is 16.9. The number of hydrogen-bond acceptors (Lipinski definition) is 3. The Morgan fingerprint density at radius 2 is 2.12 bits per heavy atom. The smallest absolute Gasteiger partial charge is 0.242 e. The highest BCUT2D eigenvalue weighted by atomic mass is 35.5. The van der Waals surface area contributed by atoms with Crippen LogP contribution in [0.25, 0.3) is 11.0 Å². The standard InChI is InChI=1S/C18H18ClN3O2/c1-13(22-12-21-16-7-2-3-8-17(16)22)18(23)20-9-10-24-15-6-4-5-14(19)11-15/h2-8,11-13H,9-10H2,1H3,(H,20,23). The van der Waals surface area contributed by atoms with E-state index in [1.807, 2.05) is 47.9 Å². The van der Waals surface area contributed by atoms with Crippen molar-refractivity contribution >= 4 is 28.5 Å². The highest BCUT2D eigenvalue weighted by molar-refractivity contribution is 6.30. The molecule has 0 saturated carbocycles. The summed E-state index contributed by atoms with van der Waals surface area (Å²) in [4.78, 5) is 16.6. The number of rotatable bonds is 6. The summed E-state index contributed by atoms with van der Waals surface area (Å²) in [6.07, 6.45) is 1.69. The van der Waals surface area contributed by atoms with Gasteiger partial charge in [0.25, 0.3) is 0 Å². The molecule has 6 heteroatoms. The van der Waals surface area contributed by atoms with Crippen molar-refractivity contribution in [2.75, 3.05) is 13.2 Å². The minimum absolute atomic E-state index is 0.0761. The van der Waals surface area contributed by atoms with Crippen molar-refractivity contribution in [1.29, 1.82) is 0 Å². The molecule has 1 atom stereocenters. The fraction of sp³-hybridized carbons (Fsp3) is 0.222. The van der Waals surface area contributed by atoms with Crippen molar-refractivity contribution in [1.82, 2.24) is 14.9 Å². The largest absolute Gasteiger partial charge is 0.492 e. The Morgan fingerprint density at radius 3 is 2.96 bits per heavy atom. The van der Waals surface area contributed by atoms with Crippen LogP contribution in [-0.2, 0) is 4.79 Å². The molecule has 0 saturated heterocycles. The summed E-state index contributed by atoms with van der Waals surface area (Å²) in [5.41, 5.74) is 1.82. The van der Waals surface area contributed by atoms with Gasteiger partial charge in [0.05, 0.1) is 23.9 Å². The molecule has 24 heavy (non-hydrogen) atoms. The van der Waals surface area contributed by atoms with E-state index in [4.69, 9.17) is 16.3 Å². The predicted octanol–water partition coefficient (Wildman–Crippen LogP) is 3.45. The Bertz CT molecular complexity index is 847. The molecule has 0 aliphatic carbocycles. The molecule has 0 aliphatic rings. The SMILES string of the molecule is CC(C(=O)NCCOc1cccc(Cl)c1)n1cnc2ccccc21. The van der Waals surface area contributed by atoms with E-state index in [0.29, 0.717) is 23.9 Å². The average molecular weight is 344 g/mol. The molecule has 0 bridgehead atoms. The third-order valence-corrected chi connectivity index (χ3v) is 3.98. The van der Waals surface area contributed by atoms with Gasteiger partial charge in [0, 0.05) is 5.02 Å². The van der Waals surface area contributed by atoms with Crippen LogP contribution in [-0.4, -0.2) is 28.6 Å². The van der Waals surface area contributed by atoms with Crippen molar-refractivity contribution in [3.63, 3.8) is 0 Å². The number of hydrogen-bond donors (Lipinski definition) is 1. The van der Waals surface area contributed by atoms with Crippen molar-refractivity contribution in [3.8, 4) is 5.75 Å². The molecule has 0 fully saturated rings. The minimum atomic E-state index is -0.344. The van der Waals surface area contributed by atoms with Crippen LogP contribution in [0.2, 0.25) is 5.02 Å². The number of aromatic nitrogens is 2. The van der Waals surface area contributed by atoms with Gasteiger partial charge in [-0.3, -0.25) is 4.79 Å². The number of para-hydroxylation sites is 2. The average Bonchev–Trinajstić information content (AvgIpc) is 3.02. The first-order valence-corrected chi connectivity index (χ1v) is 8.10. The van der Waals surface area contributed by atoms with Crippen LogP contribution in [0.15, 0.2) is 54.9 Å². The molecule has 1 aromatic heterocycles. The lowest BCUT2D eigenvalue weighted by Crippen LogP contribution is -2.33. The second-order valence-electron chi connectivity index (χ2n) is 5.41. The molecule has 1 heterocycles. The molecule has 2 aromatic carbocycles. The number of carbonyl (C=O) groups is 1. The van der Waals surface area contributed by atoms with E-state index in [9.17, 15) is 4.79 Å². The van der Waals surface area contributed by atoms with E-state index < -0.39 is 0 Å². The summed E-state index contributed by atoms with van der Waals surface area (Å²) in [6.45, 7) is 2.65. The van der Waals surface area contributed by atoms with Crippen molar-refractivity contribution in [2.45, 2.75) is 13.0 Å². The zero-order valence-electron chi connectivity index (χ0n) is 13.3. The lowest BCUT2D eigenvalue weighted by molar-refractivity contribution is -0.123.